The summed E-state index contributed by atoms with van der Waals surface area (Å²) in [5.74, 6) is -0.609. The highest BCUT2D eigenvalue weighted by molar-refractivity contribution is 6.19. The Balaban J connectivity index is 1.11. The molecule has 0 N–H and O–H groups in total. The second-order valence-electron chi connectivity index (χ2n) is 14.9. The van der Waals surface area contributed by atoms with Crippen molar-refractivity contribution in [2.75, 3.05) is 0 Å². The van der Waals surface area contributed by atoms with Crippen molar-refractivity contribution in [2.45, 2.75) is 6.42 Å². The molecule has 1 aliphatic carbocycles. The summed E-state index contributed by atoms with van der Waals surface area (Å²) in [6, 6.07) is 51.9. The highest BCUT2D eigenvalue weighted by Gasteiger charge is 2.29. The van der Waals surface area contributed by atoms with E-state index in [1.165, 1.54) is 0 Å². The molecule has 0 bridgehead atoms. The van der Waals surface area contributed by atoms with Crippen LogP contribution >= 0.6 is 0 Å². The Bertz CT molecular complexity index is 3820. The van der Waals surface area contributed by atoms with Gasteiger partial charge < -0.3 is 18.0 Å². The van der Waals surface area contributed by atoms with E-state index in [2.05, 4.69) is 92.8 Å². The van der Waals surface area contributed by atoms with E-state index in [0.29, 0.717) is 17.0 Å². The third-order valence-electron chi connectivity index (χ3n) is 11.9. The van der Waals surface area contributed by atoms with Crippen molar-refractivity contribution in [1.82, 2.24) is 9.13 Å². The molecule has 1 unspecified atom stereocenters. The molecule has 4 heterocycles. The van der Waals surface area contributed by atoms with Gasteiger partial charge in [-0.05, 0) is 83.9 Å². The summed E-state index contributed by atoms with van der Waals surface area (Å²) in [7, 11) is 0. The minimum atomic E-state index is -0.609. The monoisotopic (exact) mass is 741 g/mol. The Labute approximate surface area is 330 Å². The number of furan rings is 2. The van der Waals surface area contributed by atoms with E-state index in [-0.39, 0.29) is 6.42 Å². The van der Waals surface area contributed by atoms with Crippen molar-refractivity contribution < 1.29 is 8.83 Å². The first-order valence-corrected chi connectivity index (χ1v) is 19.1. The van der Waals surface area contributed by atoms with Gasteiger partial charge in [0.15, 0.2) is 5.70 Å². The normalized spacial score (nSPS) is 14.6. The maximum atomic E-state index is 10.7. The van der Waals surface area contributed by atoms with Gasteiger partial charge in [0, 0.05) is 60.9 Å². The van der Waals surface area contributed by atoms with Gasteiger partial charge in [0.05, 0.1) is 52.3 Å². The molecule has 58 heavy (non-hydrogen) atoms. The lowest BCUT2D eigenvalue weighted by Crippen LogP contribution is -2.12. The van der Waals surface area contributed by atoms with Crippen LogP contribution in [0.4, 0.5) is 0 Å². The first kappa shape index (κ1) is 32.0. The van der Waals surface area contributed by atoms with Crippen LogP contribution in [0.2, 0.25) is 0 Å². The number of allylic oxidation sites excluding steroid dienone is 4. The third-order valence-corrected chi connectivity index (χ3v) is 11.9. The Kier molecular flexibility index (Phi) is 6.53. The van der Waals surface area contributed by atoms with Gasteiger partial charge in [-0.1, -0.05) is 72.8 Å². The molecule has 12 rings (SSSR count). The largest absolute Gasteiger partial charge is 0.456 e. The number of hydrogen-bond acceptors (Lipinski definition) is 4. The smallest absolute Gasteiger partial charge is 0.190 e. The Morgan fingerprint density at radius 1 is 0.552 bits per heavy atom. The number of nitriles is 2. The van der Waals surface area contributed by atoms with Crippen LogP contribution in [0.1, 0.15) is 17.5 Å². The molecule has 7 heteroatoms. The van der Waals surface area contributed by atoms with E-state index < -0.39 is 5.92 Å². The summed E-state index contributed by atoms with van der Waals surface area (Å²) in [5.41, 5.74) is 11.1. The fraction of sp³-hybridized carbons (Fsp3) is 0.0392. The van der Waals surface area contributed by atoms with E-state index >= 15 is 0 Å². The molecule has 0 amide bonds. The molecule has 7 aromatic carbocycles. The fourth-order valence-corrected chi connectivity index (χ4v) is 9.32. The summed E-state index contributed by atoms with van der Waals surface area (Å²) in [6.07, 6.45) is 2.24. The Morgan fingerprint density at radius 3 is 1.69 bits per heavy atom. The van der Waals surface area contributed by atoms with Crippen LogP contribution in [0.5, 0.6) is 0 Å². The van der Waals surface area contributed by atoms with E-state index in [9.17, 15) is 10.5 Å². The molecule has 0 fully saturated rings. The lowest BCUT2D eigenvalue weighted by Gasteiger charge is -2.24. The number of benzene rings is 7. The minimum absolute atomic E-state index is 0.235. The zero-order valence-corrected chi connectivity index (χ0v) is 30.7. The summed E-state index contributed by atoms with van der Waals surface area (Å²) in [5, 5.41) is 29.4. The highest BCUT2D eigenvalue weighted by Crippen LogP contribution is 2.45. The van der Waals surface area contributed by atoms with Gasteiger partial charge in [-0.3, -0.25) is 0 Å². The van der Waals surface area contributed by atoms with Crippen molar-refractivity contribution in [1.29, 1.82) is 10.5 Å². The average molecular weight is 742 g/mol. The highest BCUT2D eigenvalue weighted by atomic mass is 16.3. The van der Waals surface area contributed by atoms with E-state index in [4.69, 9.17) is 15.4 Å². The number of fused-ring (bicyclic) bond motifs is 12. The topological polar surface area (TPSA) is 88.1 Å². The van der Waals surface area contributed by atoms with Gasteiger partial charge in [-0.25, -0.2) is 4.85 Å². The first-order valence-electron chi connectivity index (χ1n) is 19.1. The molecule has 7 nitrogen and oxygen atoms in total. The first-order chi connectivity index (χ1) is 28.6. The number of aromatic nitrogens is 2. The molecule has 1 atom stereocenters. The standard InChI is InChI=1S/C51H27N5O2/c1-54-42-21-31(28-53)37(22-47(42)56-44-15-7-3-11-34(44)39-26-51-41(24-46(39)56)36-13-5-9-17-49(36)58-51)30-18-29(27-52)19-32(20-30)55-43-14-6-2-10-33(43)38-25-50-40(23-45(38)55)35-12-4-8-16-48(35)57-50/h2-20,22-26,31H,21H2. The Hall–Kier alpha value is -8.31. The van der Waals surface area contributed by atoms with Gasteiger partial charge in [0.1, 0.15) is 22.3 Å². The maximum absolute atomic E-state index is 10.7. The molecule has 0 saturated carbocycles. The molecule has 0 saturated heterocycles. The quantitative estimate of drug-likeness (QED) is 0.169. The maximum Gasteiger partial charge on any atom is 0.190 e. The lowest BCUT2D eigenvalue weighted by atomic mass is 9.84. The van der Waals surface area contributed by atoms with E-state index in [0.717, 1.165) is 104 Å². The molecule has 4 aromatic heterocycles. The second-order valence-corrected chi connectivity index (χ2v) is 14.9. The van der Waals surface area contributed by atoms with E-state index in [1.54, 1.807) is 0 Å². The molecular weight excluding hydrogens is 715 g/mol. The number of para-hydroxylation sites is 4. The zero-order valence-electron chi connectivity index (χ0n) is 30.7. The van der Waals surface area contributed by atoms with Gasteiger partial charge in [-0.15, -0.1) is 0 Å². The molecule has 0 spiro atoms. The zero-order chi connectivity index (χ0) is 38.6. The predicted molar refractivity (Wildman–Crippen MR) is 231 cm³/mol. The minimum Gasteiger partial charge on any atom is -0.456 e. The molecule has 268 valence electrons. The third kappa shape index (κ3) is 4.40. The second kappa shape index (κ2) is 11.8. The van der Waals surface area contributed by atoms with Crippen LogP contribution in [0.15, 0.2) is 160 Å². The molecule has 0 aliphatic heterocycles. The SMILES string of the molecule is [C-]#[N+]C1=C(n2c3ccccc3c3cc4oc5ccccc5c4cc32)C=C(c2cc(C#N)cc(-n3c4ccccc4c4cc5oc6ccccc6c5cc43)c2)C(C#N)C1. The van der Waals surface area contributed by atoms with Crippen LogP contribution in [-0.2, 0) is 0 Å². The van der Waals surface area contributed by atoms with Gasteiger partial charge >= 0.3 is 0 Å². The molecular formula is C51H27N5O2. The van der Waals surface area contributed by atoms with Crippen LogP contribution in [-0.4, -0.2) is 9.13 Å². The predicted octanol–water partition coefficient (Wildman–Crippen LogP) is 13.3. The van der Waals surface area contributed by atoms with Crippen molar-refractivity contribution in [3.05, 3.63) is 174 Å². The van der Waals surface area contributed by atoms with Crippen LogP contribution < -0.4 is 0 Å². The van der Waals surface area contributed by atoms with Crippen molar-refractivity contribution in [3.8, 4) is 17.8 Å². The van der Waals surface area contributed by atoms with Gasteiger partial charge in [0.25, 0.3) is 0 Å². The van der Waals surface area contributed by atoms with Crippen molar-refractivity contribution >= 4 is 98.8 Å². The number of rotatable bonds is 3. The van der Waals surface area contributed by atoms with Crippen molar-refractivity contribution in [3.63, 3.8) is 0 Å². The number of hydrogen-bond donors (Lipinski definition) is 0. The van der Waals surface area contributed by atoms with Gasteiger partial charge in [0.2, 0.25) is 0 Å². The fourth-order valence-electron chi connectivity index (χ4n) is 9.32. The van der Waals surface area contributed by atoms with Crippen molar-refractivity contribution in [2.24, 2.45) is 5.92 Å². The summed E-state index contributed by atoms with van der Waals surface area (Å²) >= 11 is 0. The van der Waals surface area contributed by atoms with Crippen LogP contribution in [0.3, 0.4) is 0 Å². The summed E-state index contributed by atoms with van der Waals surface area (Å²) in [6.45, 7) is 8.39. The Morgan fingerprint density at radius 2 is 1.10 bits per heavy atom. The van der Waals surface area contributed by atoms with E-state index in [1.807, 2.05) is 78.9 Å². The average Bonchev–Trinajstić information content (AvgIpc) is 4.01. The summed E-state index contributed by atoms with van der Waals surface area (Å²) in [4.78, 5) is 4.06. The van der Waals surface area contributed by atoms with Gasteiger partial charge in [-0.2, -0.15) is 10.5 Å². The molecule has 1 aliphatic rings. The van der Waals surface area contributed by atoms with Crippen LogP contribution in [0, 0.1) is 35.2 Å². The lowest BCUT2D eigenvalue weighted by molar-refractivity contribution is 0.669. The molecule has 0 radical (unpaired) electrons. The van der Waals surface area contributed by atoms with Crippen LogP contribution in [0.25, 0.3) is 109 Å². The number of nitrogens with zero attached hydrogens (tertiary/aromatic N) is 5. The molecule has 11 aromatic rings. The summed E-state index contributed by atoms with van der Waals surface area (Å²) < 4.78 is 17.0.